The van der Waals surface area contributed by atoms with Gasteiger partial charge in [0, 0.05) is 24.1 Å². The maximum atomic E-state index is 12.1. The Bertz CT molecular complexity index is 555. The molecule has 8 heteroatoms. The highest BCUT2D eigenvalue weighted by Gasteiger charge is 2.32. The number of benzene rings is 1. The summed E-state index contributed by atoms with van der Waals surface area (Å²) >= 11 is 13.2. The number of halogens is 2. The van der Waals surface area contributed by atoms with Crippen molar-refractivity contribution in [2.75, 3.05) is 24.7 Å². The van der Waals surface area contributed by atoms with Crippen LogP contribution in [-0.4, -0.2) is 52.6 Å². The van der Waals surface area contributed by atoms with E-state index in [2.05, 4.69) is 0 Å². The number of amides is 1. The van der Waals surface area contributed by atoms with Gasteiger partial charge in [-0.3, -0.25) is 4.79 Å². The molecule has 2 rings (SSSR count). The number of nitrogens with zero attached hydrogens (tertiary/aromatic N) is 1. The quantitative estimate of drug-likeness (QED) is 0.903. The van der Waals surface area contributed by atoms with E-state index in [4.69, 9.17) is 33.0 Å². The van der Waals surface area contributed by atoms with Crippen LogP contribution in [0.3, 0.4) is 0 Å². The molecule has 1 heterocycles. The Morgan fingerprint density at radius 3 is 2.81 bits per heavy atom. The molecule has 0 radical (unpaired) electrons. The highest BCUT2D eigenvalue weighted by atomic mass is 35.5. The number of aliphatic carboxylic acids is 1. The second-order valence-electron chi connectivity index (χ2n) is 4.38. The molecule has 0 saturated carbocycles. The molecule has 0 aromatic heterocycles. The van der Waals surface area contributed by atoms with E-state index in [1.165, 1.54) is 22.7 Å². The van der Waals surface area contributed by atoms with E-state index in [1.54, 1.807) is 12.1 Å². The third kappa shape index (κ3) is 4.18. The van der Waals surface area contributed by atoms with Crippen LogP contribution in [0.2, 0.25) is 10.0 Å². The average Bonchev–Trinajstić information content (AvgIpc) is 2.48. The zero-order valence-electron chi connectivity index (χ0n) is 10.9. The summed E-state index contributed by atoms with van der Waals surface area (Å²) in [5.74, 6) is 0.186. The van der Waals surface area contributed by atoms with Gasteiger partial charge in [-0.25, -0.2) is 4.79 Å². The first-order valence-electron chi connectivity index (χ1n) is 6.17. The first kappa shape index (κ1) is 16.3. The third-order valence-electron chi connectivity index (χ3n) is 2.99. The Morgan fingerprint density at radius 1 is 1.38 bits per heavy atom. The number of hydrogen-bond acceptors (Lipinski definition) is 4. The maximum Gasteiger partial charge on any atom is 0.327 e. The predicted octanol–water partition coefficient (Wildman–Crippen LogP) is 2.40. The molecule has 1 fully saturated rings. The minimum absolute atomic E-state index is 0.230. The van der Waals surface area contributed by atoms with E-state index < -0.39 is 12.0 Å². The van der Waals surface area contributed by atoms with Crippen LogP contribution in [-0.2, 0) is 9.59 Å². The molecule has 0 bridgehead atoms. The lowest BCUT2D eigenvalue weighted by Gasteiger charge is -2.32. The maximum absolute atomic E-state index is 12.1. The van der Waals surface area contributed by atoms with Gasteiger partial charge in [-0.15, -0.1) is 0 Å². The molecule has 1 N–H and O–H groups in total. The largest absolute Gasteiger partial charge is 0.484 e. The third-order valence-corrected chi connectivity index (χ3v) is 4.75. The van der Waals surface area contributed by atoms with Gasteiger partial charge in [-0.05, 0) is 12.1 Å². The standard InChI is InChI=1S/C13H13Cl2NO4S/c14-9-2-1-8(5-10(9)15)20-6-12(17)16-3-4-21-7-11(16)13(18)19/h1-2,5,11H,3-4,6-7H2,(H,18,19). The van der Waals surface area contributed by atoms with E-state index in [0.717, 1.165) is 5.75 Å². The molecule has 1 aromatic rings. The molecule has 1 atom stereocenters. The SMILES string of the molecule is O=C(O)C1CSCCN1C(=O)COc1ccc(Cl)c(Cl)c1. The topological polar surface area (TPSA) is 66.8 Å². The van der Waals surface area contributed by atoms with Crippen LogP contribution in [0.5, 0.6) is 5.75 Å². The summed E-state index contributed by atoms with van der Waals surface area (Å²) in [6.45, 7) is 0.178. The molecule has 1 aliphatic heterocycles. The van der Waals surface area contributed by atoms with Crippen molar-refractivity contribution in [1.82, 2.24) is 4.90 Å². The minimum atomic E-state index is -0.995. The van der Waals surface area contributed by atoms with E-state index in [0.29, 0.717) is 28.1 Å². The minimum Gasteiger partial charge on any atom is -0.484 e. The number of thioether (sulfide) groups is 1. The number of ether oxygens (including phenoxy) is 1. The summed E-state index contributed by atoms with van der Waals surface area (Å²) in [6.07, 6.45) is 0. The van der Waals surface area contributed by atoms with Crippen LogP contribution in [0.25, 0.3) is 0 Å². The van der Waals surface area contributed by atoms with Crippen LogP contribution < -0.4 is 4.74 Å². The number of carboxylic acid groups (broad SMARTS) is 1. The van der Waals surface area contributed by atoms with Crippen molar-refractivity contribution in [3.8, 4) is 5.75 Å². The van der Waals surface area contributed by atoms with Crippen molar-refractivity contribution in [3.63, 3.8) is 0 Å². The number of carboxylic acids is 1. The van der Waals surface area contributed by atoms with E-state index in [1.807, 2.05) is 0 Å². The molecule has 0 aliphatic carbocycles. The summed E-state index contributed by atoms with van der Waals surface area (Å²) in [4.78, 5) is 24.6. The second-order valence-corrected chi connectivity index (χ2v) is 6.34. The Balaban J connectivity index is 1.96. The van der Waals surface area contributed by atoms with Gasteiger partial charge in [-0.1, -0.05) is 23.2 Å². The molecule has 5 nitrogen and oxygen atoms in total. The first-order valence-corrected chi connectivity index (χ1v) is 8.08. The average molecular weight is 350 g/mol. The van der Waals surface area contributed by atoms with Crippen LogP contribution >= 0.6 is 35.0 Å². The van der Waals surface area contributed by atoms with Crippen molar-refractivity contribution in [2.24, 2.45) is 0 Å². The summed E-state index contributed by atoms with van der Waals surface area (Å²) in [7, 11) is 0. The smallest absolute Gasteiger partial charge is 0.327 e. The van der Waals surface area contributed by atoms with Gasteiger partial charge in [0.25, 0.3) is 5.91 Å². The second kappa shape index (κ2) is 7.24. The number of rotatable bonds is 4. The molecule has 1 saturated heterocycles. The first-order chi connectivity index (χ1) is 9.99. The predicted molar refractivity (Wildman–Crippen MR) is 82.4 cm³/mol. The van der Waals surface area contributed by atoms with Gasteiger partial charge in [0.1, 0.15) is 11.8 Å². The molecule has 1 aromatic carbocycles. The van der Waals surface area contributed by atoms with E-state index in [9.17, 15) is 9.59 Å². The fourth-order valence-corrected chi connectivity index (χ4v) is 3.23. The molecule has 114 valence electrons. The van der Waals surface area contributed by atoms with Crippen LogP contribution in [0, 0.1) is 0 Å². The number of carbonyl (C=O) groups is 2. The summed E-state index contributed by atoms with van der Waals surface area (Å²) in [5, 5.41) is 9.86. The lowest BCUT2D eigenvalue weighted by Crippen LogP contribution is -2.51. The van der Waals surface area contributed by atoms with Crippen LogP contribution in [0.1, 0.15) is 0 Å². The van der Waals surface area contributed by atoms with Crippen molar-refractivity contribution in [1.29, 1.82) is 0 Å². The van der Waals surface area contributed by atoms with Gasteiger partial charge in [0.2, 0.25) is 0 Å². The zero-order valence-corrected chi connectivity index (χ0v) is 13.2. The van der Waals surface area contributed by atoms with Crippen LogP contribution in [0.15, 0.2) is 18.2 Å². The highest BCUT2D eigenvalue weighted by Crippen LogP contribution is 2.26. The molecule has 21 heavy (non-hydrogen) atoms. The summed E-state index contributed by atoms with van der Waals surface area (Å²) < 4.78 is 5.35. The van der Waals surface area contributed by atoms with Gasteiger partial charge >= 0.3 is 5.97 Å². The fourth-order valence-electron chi connectivity index (χ4n) is 1.90. The Kier molecular flexibility index (Phi) is 5.61. The molecule has 0 spiro atoms. The Morgan fingerprint density at radius 2 is 2.14 bits per heavy atom. The monoisotopic (exact) mass is 349 g/mol. The van der Waals surface area contributed by atoms with Crippen molar-refractivity contribution in [2.45, 2.75) is 6.04 Å². The van der Waals surface area contributed by atoms with Gasteiger partial charge < -0.3 is 14.7 Å². The van der Waals surface area contributed by atoms with Gasteiger partial charge in [-0.2, -0.15) is 11.8 Å². The van der Waals surface area contributed by atoms with Crippen molar-refractivity contribution >= 4 is 46.8 Å². The molecule has 1 amide bonds. The van der Waals surface area contributed by atoms with E-state index >= 15 is 0 Å². The number of carbonyl (C=O) groups excluding carboxylic acids is 1. The number of hydrogen-bond donors (Lipinski definition) is 1. The normalized spacial score (nSPS) is 18.4. The molecule has 1 unspecified atom stereocenters. The van der Waals surface area contributed by atoms with Crippen molar-refractivity contribution in [3.05, 3.63) is 28.2 Å². The van der Waals surface area contributed by atoms with Gasteiger partial charge in [0.15, 0.2) is 6.61 Å². The lowest BCUT2D eigenvalue weighted by molar-refractivity contribution is -0.150. The molecular formula is C13H13Cl2NO4S. The molecular weight excluding hydrogens is 337 g/mol. The Hall–Kier alpha value is -1.11. The Labute approximate surface area is 136 Å². The summed E-state index contributed by atoms with van der Waals surface area (Å²) in [6, 6.07) is 3.88. The fraction of sp³-hybridized carbons (Fsp3) is 0.385. The lowest BCUT2D eigenvalue weighted by atomic mass is 10.2. The summed E-state index contributed by atoms with van der Waals surface area (Å²) in [5.41, 5.74) is 0. The van der Waals surface area contributed by atoms with Crippen LogP contribution in [0.4, 0.5) is 0 Å². The zero-order chi connectivity index (χ0) is 15.4. The van der Waals surface area contributed by atoms with Gasteiger partial charge in [0.05, 0.1) is 10.0 Å². The highest BCUT2D eigenvalue weighted by molar-refractivity contribution is 7.99. The molecule has 1 aliphatic rings. The van der Waals surface area contributed by atoms with Crippen molar-refractivity contribution < 1.29 is 19.4 Å². The van der Waals surface area contributed by atoms with E-state index in [-0.39, 0.29) is 12.5 Å².